The second kappa shape index (κ2) is 9.32. The van der Waals surface area contributed by atoms with Gasteiger partial charge in [-0.1, -0.05) is 30.4 Å². The van der Waals surface area contributed by atoms with Crippen LogP contribution in [-0.2, 0) is 0 Å². The molecule has 2 aromatic heterocycles. The minimum atomic E-state index is 0.703. The first-order chi connectivity index (χ1) is 13.6. The number of piperazine rings is 1. The molecule has 0 saturated carbocycles. The van der Waals surface area contributed by atoms with Crippen LogP contribution in [0, 0.1) is 6.92 Å². The minimum absolute atomic E-state index is 0.703. The molecule has 0 unspecified atom stereocenters. The Morgan fingerprint density at radius 2 is 1.86 bits per heavy atom. The third-order valence-electron chi connectivity index (χ3n) is 4.65. The average molecular weight is 380 g/mol. The highest BCUT2D eigenvalue weighted by Crippen LogP contribution is 2.23. The van der Waals surface area contributed by atoms with E-state index in [1.54, 1.807) is 0 Å². The Labute approximate surface area is 166 Å². The normalized spacial score (nSPS) is 16.4. The third kappa shape index (κ3) is 5.07. The second-order valence-electron chi connectivity index (χ2n) is 6.92. The van der Waals surface area contributed by atoms with Crippen molar-refractivity contribution in [1.29, 1.82) is 0 Å². The Balaban J connectivity index is 1.95. The molecule has 0 amide bonds. The number of H-pyrrole nitrogens is 1. The highest BCUT2D eigenvalue weighted by molar-refractivity contribution is 5.72. The third-order valence-corrected chi connectivity index (χ3v) is 4.65. The van der Waals surface area contributed by atoms with Crippen molar-refractivity contribution in [3.63, 3.8) is 0 Å². The zero-order valence-electron chi connectivity index (χ0n) is 17.1. The van der Waals surface area contributed by atoms with Crippen molar-refractivity contribution < 1.29 is 0 Å². The van der Waals surface area contributed by atoms with Crippen molar-refractivity contribution in [1.82, 2.24) is 25.1 Å². The van der Waals surface area contributed by atoms with Crippen LogP contribution in [0.3, 0.4) is 0 Å². The van der Waals surface area contributed by atoms with E-state index in [1.807, 2.05) is 63.3 Å². The molecule has 0 radical (unpaired) electrons. The Hall–Kier alpha value is -2.93. The summed E-state index contributed by atoms with van der Waals surface area (Å²) in [6.07, 6.45) is 10.1. The zero-order valence-corrected chi connectivity index (χ0v) is 17.1. The summed E-state index contributed by atoms with van der Waals surface area (Å²) in [5, 5.41) is 10.5. The van der Waals surface area contributed by atoms with Gasteiger partial charge in [0.15, 0.2) is 11.6 Å². The van der Waals surface area contributed by atoms with Crippen molar-refractivity contribution in [2.75, 3.05) is 43.4 Å². The largest absolute Gasteiger partial charge is 0.354 e. The lowest BCUT2D eigenvalue weighted by Gasteiger charge is -2.33. The van der Waals surface area contributed by atoms with Gasteiger partial charge in [0.25, 0.3) is 0 Å². The molecule has 148 valence electrons. The molecule has 1 fully saturated rings. The van der Waals surface area contributed by atoms with Crippen LogP contribution in [0.1, 0.15) is 25.4 Å². The Kier molecular flexibility index (Phi) is 6.60. The van der Waals surface area contributed by atoms with Gasteiger partial charge in [-0.2, -0.15) is 5.10 Å². The first-order valence-corrected chi connectivity index (χ1v) is 9.66. The van der Waals surface area contributed by atoms with Crippen LogP contribution < -0.4 is 10.2 Å². The van der Waals surface area contributed by atoms with Gasteiger partial charge in [0.05, 0.1) is 0 Å². The first kappa shape index (κ1) is 19.8. The molecule has 0 bridgehead atoms. The molecular weight excluding hydrogens is 350 g/mol. The molecule has 7 nitrogen and oxygen atoms in total. The molecule has 28 heavy (non-hydrogen) atoms. The molecule has 0 atom stereocenters. The van der Waals surface area contributed by atoms with Gasteiger partial charge in [-0.3, -0.25) is 5.10 Å². The average Bonchev–Trinajstić information content (AvgIpc) is 3.10. The number of nitrogens with zero attached hydrogens (tertiary/aromatic N) is 5. The zero-order chi connectivity index (χ0) is 19.9. The molecule has 2 aromatic rings. The summed E-state index contributed by atoms with van der Waals surface area (Å²) < 4.78 is 0. The SMILES string of the molecule is CC=C(/C=C\C=C/C)c1nc(Nc2cc(C)[nH]n2)cc(N2CCN(C)CC2)n1. The van der Waals surface area contributed by atoms with E-state index in [2.05, 4.69) is 32.4 Å². The van der Waals surface area contributed by atoms with E-state index in [0.29, 0.717) is 5.82 Å². The molecule has 2 N–H and O–H groups in total. The number of likely N-dealkylation sites (N-methyl/N-ethyl adjacent to an activating group) is 1. The summed E-state index contributed by atoms with van der Waals surface area (Å²) in [5.41, 5.74) is 1.98. The summed E-state index contributed by atoms with van der Waals surface area (Å²) in [7, 11) is 2.15. The molecule has 3 rings (SSSR count). The van der Waals surface area contributed by atoms with Gasteiger partial charge in [0.1, 0.15) is 11.6 Å². The van der Waals surface area contributed by atoms with Crippen LogP contribution in [0.25, 0.3) is 5.57 Å². The molecule has 0 aliphatic carbocycles. The Morgan fingerprint density at radius 3 is 2.50 bits per heavy atom. The molecule has 7 heteroatoms. The van der Waals surface area contributed by atoms with Crippen molar-refractivity contribution in [2.45, 2.75) is 20.8 Å². The van der Waals surface area contributed by atoms with Crippen molar-refractivity contribution in [3.05, 3.63) is 54.0 Å². The Morgan fingerprint density at radius 1 is 1.07 bits per heavy atom. The maximum Gasteiger partial charge on any atom is 0.163 e. The van der Waals surface area contributed by atoms with Crippen molar-refractivity contribution in [2.24, 2.45) is 0 Å². The van der Waals surface area contributed by atoms with Crippen LogP contribution in [-0.4, -0.2) is 58.3 Å². The number of allylic oxidation sites excluding steroid dienone is 6. The van der Waals surface area contributed by atoms with Crippen LogP contribution in [0.2, 0.25) is 0 Å². The van der Waals surface area contributed by atoms with Crippen LogP contribution in [0.4, 0.5) is 17.5 Å². The lowest BCUT2D eigenvalue weighted by atomic mass is 10.2. The highest BCUT2D eigenvalue weighted by atomic mass is 15.3. The molecule has 1 aliphatic heterocycles. The smallest absolute Gasteiger partial charge is 0.163 e. The number of aromatic nitrogens is 4. The van der Waals surface area contributed by atoms with Crippen LogP contribution in [0.15, 0.2) is 42.5 Å². The summed E-state index contributed by atoms with van der Waals surface area (Å²) in [6, 6.07) is 3.96. The highest BCUT2D eigenvalue weighted by Gasteiger charge is 2.18. The quantitative estimate of drug-likeness (QED) is 0.748. The maximum atomic E-state index is 4.86. The van der Waals surface area contributed by atoms with Gasteiger partial charge in [-0.15, -0.1) is 0 Å². The lowest BCUT2D eigenvalue weighted by Crippen LogP contribution is -2.44. The molecule has 1 aliphatic rings. The number of nitrogens with one attached hydrogen (secondary N) is 2. The van der Waals surface area contributed by atoms with E-state index in [1.165, 1.54) is 0 Å². The number of rotatable bonds is 6. The van der Waals surface area contributed by atoms with Gasteiger partial charge >= 0.3 is 0 Å². The van der Waals surface area contributed by atoms with Crippen LogP contribution in [0.5, 0.6) is 0 Å². The number of hydrogen-bond acceptors (Lipinski definition) is 6. The van der Waals surface area contributed by atoms with Gasteiger partial charge < -0.3 is 15.1 Å². The number of aryl methyl sites for hydroxylation is 1. The van der Waals surface area contributed by atoms with Crippen molar-refractivity contribution in [3.8, 4) is 0 Å². The fourth-order valence-electron chi connectivity index (χ4n) is 3.01. The van der Waals surface area contributed by atoms with E-state index in [-0.39, 0.29) is 0 Å². The van der Waals surface area contributed by atoms with Gasteiger partial charge in [-0.05, 0) is 27.8 Å². The number of anilines is 3. The molecular formula is C21H29N7. The van der Waals surface area contributed by atoms with E-state index in [4.69, 9.17) is 9.97 Å². The van der Waals surface area contributed by atoms with E-state index >= 15 is 0 Å². The summed E-state index contributed by atoms with van der Waals surface area (Å²) in [5.74, 6) is 3.13. The van der Waals surface area contributed by atoms with Crippen LogP contribution >= 0.6 is 0 Å². The van der Waals surface area contributed by atoms with E-state index < -0.39 is 0 Å². The first-order valence-electron chi connectivity index (χ1n) is 9.66. The predicted molar refractivity (Wildman–Crippen MR) is 116 cm³/mol. The molecule has 0 spiro atoms. The second-order valence-corrected chi connectivity index (χ2v) is 6.92. The molecule has 1 saturated heterocycles. The standard InChI is InChI=1S/C21H29N7/c1-5-7-8-9-17(6-2)21-23-18(22-19-14-16(3)25-26-19)15-20(24-21)28-12-10-27(4)11-13-28/h5-9,14-15H,10-13H2,1-4H3,(H2,22,23,24,25,26)/b7-5-,9-8-,17-6?. The Bertz CT molecular complexity index is 871. The van der Waals surface area contributed by atoms with Crippen molar-refractivity contribution >= 4 is 23.0 Å². The minimum Gasteiger partial charge on any atom is -0.354 e. The monoisotopic (exact) mass is 379 g/mol. The number of hydrogen-bond donors (Lipinski definition) is 2. The van der Waals surface area contributed by atoms with Gasteiger partial charge in [0.2, 0.25) is 0 Å². The summed E-state index contributed by atoms with van der Waals surface area (Å²) in [4.78, 5) is 14.3. The molecule has 3 heterocycles. The lowest BCUT2D eigenvalue weighted by molar-refractivity contribution is 0.312. The van der Waals surface area contributed by atoms with E-state index in [9.17, 15) is 0 Å². The van der Waals surface area contributed by atoms with E-state index in [0.717, 1.165) is 54.9 Å². The topological polar surface area (TPSA) is 73.0 Å². The fourth-order valence-corrected chi connectivity index (χ4v) is 3.01. The summed E-state index contributed by atoms with van der Waals surface area (Å²) >= 11 is 0. The molecule has 0 aromatic carbocycles. The summed E-state index contributed by atoms with van der Waals surface area (Å²) in [6.45, 7) is 9.93. The fraction of sp³-hybridized carbons (Fsp3) is 0.381. The van der Waals surface area contributed by atoms with Gasteiger partial charge in [0, 0.05) is 49.6 Å². The van der Waals surface area contributed by atoms with Gasteiger partial charge in [-0.25, -0.2) is 9.97 Å². The maximum absolute atomic E-state index is 4.86. The number of aromatic amines is 1. The predicted octanol–water partition coefficient (Wildman–Crippen LogP) is 3.54.